The highest BCUT2D eigenvalue weighted by Crippen LogP contribution is 2.41. The number of nitrogens with one attached hydrogen (secondary N) is 1. The van der Waals surface area contributed by atoms with E-state index < -0.39 is 5.91 Å². The molecule has 0 aromatic carbocycles. The number of nitrogens with two attached hydrogens (primary N) is 2. The van der Waals surface area contributed by atoms with Crippen molar-refractivity contribution in [2.24, 2.45) is 29.2 Å². The van der Waals surface area contributed by atoms with Gasteiger partial charge in [-0.3, -0.25) is 9.59 Å². The fourth-order valence-electron chi connectivity index (χ4n) is 3.93. The minimum atomic E-state index is -0.605. The number of fused-ring (bicyclic) bond motifs is 2. The number of primary amides is 1. The van der Waals surface area contributed by atoms with Crippen LogP contribution in [0.4, 0.5) is 0 Å². The average molecular weight is 305 g/mol. The Morgan fingerprint density at radius 1 is 1.23 bits per heavy atom. The van der Waals surface area contributed by atoms with Crippen LogP contribution in [-0.2, 0) is 11.3 Å². The van der Waals surface area contributed by atoms with Crippen molar-refractivity contribution < 1.29 is 14.0 Å². The molecule has 3 rings (SSSR count). The van der Waals surface area contributed by atoms with Gasteiger partial charge in [0.25, 0.3) is 5.91 Å². The van der Waals surface area contributed by atoms with Crippen LogP contribution in [0.15, 0.2) is 16.5 Å². The molecular formula is C16H23N3O3. The molecule has 6 heteroatoms. The molecule has 2 aliphatic rings. The van der Waals surface area contributed by atoms with Gasteiger partial charge >= 0.3 is 0 Å². The first-order chi connectivity index (χ1) is 10.5. The summed E-state index contributed by atoms with van der Waals surface area (Å²) in [6.07, 6.45) is 5.28. The smallest absolute Gasteiger partial charge is 0.284 e. The number of carbonyl (C=O) groups is 2. The molecule has 0 spiro atoms. The second-order valence-electron chi connectivity index (χ2n) is 6.54. The number of hydrogen-bond donors (Lipinski definition) is 3. The molecule has 0 saturated heterocycles. The lowest BCUT2D eigenvalue weighted by Crippen LogP contribution is -2.49. The van der Waals surface area contributed by atoms with Gasteiger partial charge in [0.2, 0.25) is 5.91 Å². The first kappa shape index (κ1) is 15.1. The molecule has 120 valence electrons. The summed E-state index contributed by atoms with van der Waals surface area (Å²) in [5.74, 6) is 1.10. The Hall–Kier alpha value is -1.82. The zero-order valence-electron chi connectivity index (χ0n) is 12.6. The molecule has 2 aliphatic carbocycles. The molecular weight excluding hydrogens is 282 g/mol. The van der Waals surface area contributed by atoms with Gasteiger partial charge in [-0.05, 0) is 49.7 Å². The van der Waals surface area contributed by atoms with E-state index in [0.29, 0.717) is 17.6 Å². The Morgan fingerprint density at radius 3 is 2.50 bits per heavy atom. The van der Waals surface area contributed by atoms with E-state index in [1.807, 2.05) is 0 Å². The van der Waals surface area contributed by atoms with E-state index in [0.717, 1.165) is 25.7 Å². The van der Waals surface area contributed by atoms with Crippen molar-refractivity contribution in [3.8, 4) is 0 Å². The summed E-state index contributed by atoms with van der Waals surface area (Å²) in [6.45, 7) is 0.282. The largest absolute Gasteiger partial charge is 0.454 e. The van der Waals surface area contributed by atoms with Gasteiger partial charge in [-0.1, -0.05) is 6.42 Å². The first-order valence-electron chi connectivity index (χ1n) is 7.96. The SMILES string of the molecule is NC(=O)c1ccc(CNC(=O)C2CC3CCCC(C2)C3N)o1. The highest BCUT2D eigenvalue weighted by Gasteiger charge is 2.40. The minimum Gasteiger partial charge on any atom is -0.454 e. The van der Waals surface area contributed by atoms with Gasteiger partial charge in [0.15, 0.2) is 5.76 Å². The lowest BCUT2D eigenvalue weighted by molar-refractivity contribution is -0.128. The lowest BCUT2D eigenvalue weighted by Gasteiger charge is -2.43. The van der Waals surface area contributed by atoms with Crippen molar-refractivity contribution >= 4 is 11.8 Å². The summed E-state index contributed by atoms with van der Waals surface area (Å²) in [5, 5.41) is 2.90. The molecule has 0 radical (unpaired) electrons. The average Bonchev–Trinajstić information content (AvgIpc) is 2.93. The van der Waals surface area contributed by atoms with Gasteiger partial charge in [-0.15, -0.1) is 0 Å². The maximum Gasteiger partial charge on any atom is 0.284 e. The van der Waals surface area contributed by atoms with Crippen LogP contribution in [0.2, 0.25) is 0 Å². The highest BCUT2D eigenvalue weighted by atomic mass is 16.4. The minimum absolute atomic E-state index is 0.0423. The molecule has 2 fully saturated rings. The predicted octanol–water partition coefficient (Wildman–Crippen LogP) is 1.15. The number of furan rings is 1. The fraction of sp³-hybridized carbons (Fsp3) is 0.625. The Bertz CT molecular complexity index is 555. The molecule has 1 aromatic heterocycles. The van der Waals surface area contributed by atoms with E-state index in [4.69, 9.17) is 15.9 Å². The summed E-state index contributed by atoms with van der Waals surface area (Å²) in [7, 11) is 0. The number of amides is 2. The third-order valence-corrected chi connectivity index (χ3v) is 5.13. The van der Waals surface area contributed by atoms with Crippen LogP contribution in [0.25, 0.3) is 0 Å². The van der Waals surface area contributed by atoms with Crippen LogP contribution in [-0.4, -0.2) is 17.9 Å². The van der Waals surface area contributed by atoms with E-state index in [1.165, 1.54) is 12.5 Å². The number of hydrogen-bond acceptors (Lipinski definition) is 4. The monoisotopic (exact) mass is 305 g/mol. The Morgan fingerprint density at radius 2 is 1.91 bits per heavy atom. The Balaban J connectivity index is 1.54. The predicted molar refractivity (Wildman–Crippen MR) is 80.6 cm³/mol. The quantitative estimate of drug-likeness (QED) is 0.774. The van der Waals surface area contributed by atoms with Crippen LogP contribution in [0, 0.1) is 17.8 Å². The van der Waals surface area contributed by atoms with Gasteiger partial charge in [-0.2, -0.15) is 0 Å². The molecule has 6 nitrogen and oxygen atoms in total. The summed E-state index contributed by atoms with van der Waals surface area (Å²) >= 11 is 0. The maximum absolute atomic E-state index is 12.4. The summed E-state index contributed by atoms with van der Waals surface area (Å²) in [6, 6.07) is 3.45. The molecule has 0 aliphatic heterocycles. The second-order valence-corrected chi connectivity index (χ2v) is 6.54. The summed E-state index contributed by atoms with van der Waals surface area (Å²) < 4.78 is 5.27. The summed E-state index contributed by atoms with van der Waals surface area (Å²) in [5.41, 5.74) is 11.4. The van der Waals surface area contributed by atoms with Crippen LogP contribution in [0.5, 0.6) is 0 Å². The van der Waals surface area contributed by atoms with Crippen LogP contribution in [0.1, 0.15) is 48.4 Å². The van der Waals surface area contributed by atoms with Crippen LogP contribution >= 0.6 is 0 Å². The molecule has 2 bridgehead atoms. The highest BCUT2D eigenvalue weighted by molar-refractivity contribution is 5.89. The van der Waals surface area contributed by atoms with E-state index in [2.05, 4.69) is 5.32 Å². The molecule has 1 heterocycles. The Kier molecular flexibility index (Phi) is 4.20. The van der Waals surface area contributed by atoms with Gasteiger partial charge in [0.1, 0.15) is 5.76 Å². The topological polar surface area (TPSA) is 111 Å². The molecule has 2 amide bonds. The second kappa shape index (κ2) is 6.12. The van der Waals surface area contributed by atoms with Crippen molar-refractivity contribution in [1.82, 2.24) is 5.32 Å². The normalized spacial score (nSPS) is 30.8. The van der Waals surface area contributed by atoms with E-state index in [-0.39, 0.29) is 30.2 Å². The third-order valence-electron chi connectivity index (χ3n) is 5.13. The zero-order chi connectivity index (χ0) is 15.7. The van der Waals surface area contributed by atoms with Gasteiger partial charge in [-0.25, -0.2) is 0 Å². The van der Waals surface area contributed by atoms with E-state index in [1.54, 1.807) is 6.07 Å². The molecule has 5 N–H and O–H groups in total. The molecule has 22 heavy (non-hydrogen) atoms. The molecule has 2 saturated carbocycles. The molecule has 1 aromatic rings. The zero-order valence-corrected chi connectivity index (χ0v) is 12.6. The van der Waals surface area contributed by atoms with Crippen molar-refractivity contribution in [3.63, 3.8) is 0 Å². The third kappa shape index (κ3) is 3.02. The van der Waals surface area contributed by atoms with Gasteiger partial charge < -0.3 is 21.2 Å². The van der Waals surface area contributed by atoms with Crippen molar-refractivity contribution in [2.75, 3.05) is 0 Å². The number of carbonyl (C=O) groups excluding carboxylic acids is 2. The van der Waals surface area contributed by atoms with E-state index in [9.17, 15) is 9.59 Å². The molecule has 2 unspecified atom stereocenters. The Labute approximate surface area is 129 Å². The van der Waals surface area contributed by atoms with Crippen molar-refractivity contribution in [3.05, 3.63) is 23.7 Å². The summed E-state index contributed by atoms with van der Waals surface area (Å²) in [4.78, 5) is 23.3. The van der Waals surface area contributed by atoms with Crippen LogP contribution < -0.4 is 16.8 Å². The van der Waals surface area contributed by atoms with Gasteiger partial charge in [0, 0.05) is 12.0 Å². The van der Waals surface area contributed by atoms with Crippen molar-refractivity contribution in [2.45, 2.75) is 44.7 Å². The van der Waals surface area contributed by atoms with Crippen LogP contribution in [0.3, 0.4) is 0 Å². The van der Waals surface area contributed by atoms with Crippen molar-refractivity contribution in [1.29, 1.82) is 0 Å². The standard InChI is InChI=1S/C16H23N3O3/c17-14-9-2-1-3-10(14)7-11(6-9)16(21)19-8-12-4-5-13(22-12)15(18)20/h4-5,9-11,14H,1-3,6-8,17H2,(H2,18,20)(H,19,21). The molecule has 2 atom stereocenters. The van der Waals surface area contributed by atoms with Gasteiger partial charge in [0.05, 0.1) is 6.54 Å². The first-order valence-corrected chi connectivity index (χ1v) is 7.96. The number of rotatable bonds is 4. The van der Waals surface area contributed by atoms with E-state index >= 15 is 0 Å². The lowest BCUT2D eigenvalue weighted by atomic mass is 9.65. The fourth-order valence-corrected chi connectivity index (χ4v) is 3.93. The maximum atomic E-state index is 12.4.